The van der Waals surface area contributed by atoms with Crippen LogP contribution in [0, 0.1) is 0 Å². The molecule has 0 amide bonds. The smallest absolute Gasteiger partial charge is 0.406 e. The molecule has 2 nitrogen and oxygen atoms in total. The summed E-state index contributed by atoms with van der Waals surface area (Å²) in [6, 6.07) is 6.11. The summed E-state index contributed by atoms with van der Waals surface area (Å²) in [5, 5.41) is 3.21. The second-order valence-electron chi connectivity index (χ2n) is 4.26. The molecule has 1 aromatic carbocycles. The van der Waals surface area contributed by atoms with Crippen molar-refractivity contribution in [3.05, 3.63) is 35.4 Å². The van der Waals surface area contributed by atoms with Crippen LogP contribution in [0.25, 0.3) is 5.57 Å². The molecule has 0 unspecified atom stereocenters. The Kier molecular flexibility index (Phi) is 3.61. The van der Waals surface area contributed by atoms with E-state index in [9.17, 15) is 13.2 Å². The summed E-state index contributed by atoms with van der Waals surface area (Å²) in [4.78, 5) is 0. The Morgan fingerprint density at radius 2 is 2.06 bits per heavy atom. The molecule has 0 saturated heterocycles. The second-order valence-corrected chi connectivity index (χ2v) is 4.26. The number of ether oxygens (including phenoxy) is 1. The van der Waals surface area contributed by atoms with Crippen LogP contribution in [0.2, 0.25) is 0 Å². The molecule has 0 bridgehead atoms. The van der Waals surface area contributed by atoms with Gasteiger partial charge in [0.15, 0.2) is 0 Å². The Balaban J connectivity index is 2.27. The lowest BCUT2D eigenvalue weighted by molar-refractivity contribution is -0.274. The maximum Gasteiger partial charge on any atom is 0.573 e. The zero-order valence-electron chi connectivity index (χ0n) is 9.97. The summed E-state index contributed by atoms with van der Waals surface area (Å²) in [5.74, 6) is -0.175. The van der Waals surface area contributed by atoms with Crippen LogP contribution in [0.5, 0.6) is 5.75 Å². The van der Waals surface area contributed by atoms with Gasteiger partial charge in [0.2, 0.25) is 0 Å². The Morgan fingerprint density at radius 3 is 2.72 bits per heavy atom. The predicted molar refractivity (Wildman–Crippen MR) is 63.2 cm³/mol. The summed E-state index contributed by atoms with van der Waals surface area (Å²) in [6.45, 7) is 3.60. The van der Waals surface area contributed by atoms with E-state index in [-0.39, 0.29) is 5.75 Å². The zero-order valence-corrected chi connectivity index (χ0v) is 9.97. The van der Waals surface area contributed by atoms with Crippen LogP contribution in [-0.2, 0) is 0 Å². The molecule has 1 heterocycles. The van der Waals surface area contributed by atoms with E-state index in [4.69, 9.17) is 0 Å². The molecule has 1 aliphatic heterocycles. The Bertz CT molecular complexity index is 466. The molecular formula is C13H14F3NO. The third-order valence-electron chi connectivity index (χ3n) is 2.91. The van der Waals surface area contributed by atoms with E-state index in [1.165, 1.54) is 17.7 Å². The normalized spacial score (nSPS) is 16.9. The van der Waals surface area contributed by atoms with Gasteiger partial charge in [-0.15, -0.1) is 13.2 Å². The van der Waals surface area contributed by atoms with Gasteiger partial charge in [-0.2, -0.15) is 0 Å². The van der Waals surface area contributed by atoms with E-state index in [1.807, 2.05) is 6.92 Å². The van der Waals surface area contributed by atoms with Gasteiger partial charge in [-0.1, -0.05) is 17.7 Å². The summed E-state index contributed by atoms with van der Waals surface area (Å²) in [7, 11) is 0. The first-order valence-electron chi connectivity index (χ1n) is 5.71. The highest BCUT2D eigenvalue weighted by Crippen LogP contribution is 2.28. The summed E-state index contributed by atoms with van der Waals surface area (Å²) < 4.78 is 40.4. The van der Waals surface area contributed by atoms with Crippen LogP contribution >= 0.6 is 0 Å². The molecule has 5 heteroatoms. The monoisotopic (exact) mass is 257 g/mol. The first-order valence-corrected chi connectivity index (χ1v) is 5.71. The second kappa shape index (κ2) is 5.02. The molecule has 0 saturated carbocycles. The molecule has 0 aliphatic carbocycles. The lowest BCUT2D eigenvalue weighted by atomic mass is 9.96. The van der Waals surface area contributed by atoms with E-state index >= 15 is 0 Å². The Hall–Kier alpha value is -1.49. The van der Waals surface area contributed by atoms with Crippen LogP contribution in [-0.4, -0.2) is 19.5 Å². The Morgan fingerprint density at radius 1 is 1.28 bits per heavy atom. The number of benzene rings is 1. The van der Waals surface area contributed by atoms with Gasteiger partial charge in [-0.05, 0) is 43.2 Å². The first kappa shape index (κ1) is 13.0. The van der Waals surface area contributed by atoms with Gasteiger partial charge in [-0.3, -0.25) is 0 Å². The predicted octanol–water partition coefficient (Wildman–Crippen LogP) is 3.35. The minimum Gasteiger partial charge on any atom is -0.406 e. The lowest BCUT2D eigenvalue weighted by Gasteiger charge is -2.20. The highest BCUT2D eigenvalue weighted by Gasteiger charge is 2.31. The number of halogens is 3. The molecule has 1 N–H and O–H groups in total. The summed E-state index contributed by atoms with van der Waals surface area (Å²) in [5.41, 5.74) is 3.04. The summed E-state index contributed by atoms with van der Waals surface area (Å²) in [6.07, 6.45) is -3.73. The molecule has 0 radical (unpaired) electrons. The van der Waals surface area contributed by atoms with Crippen LogP contribution in [0.3, 0.4) is 0 Å². The van der Waals surface area contributed by atoms with Crippen molar-refractivity contribution in [3.8, 4) is 5.75 Å². The number of hydrogen-bond acceptors (Lipinski definition) is 2. The molecule has 0 spiro atoms. The van der Waals surface area contributed by atoms with Crippen molar-refractivity contribution in [1.29, 1.82) is 0 Å². The topological polar surface area (TPSA) is 21.3 Å². The van der Waals surface area contributed by atoms with Gasteiger partial charge in [0.1, 0.15) is 5.75 Å². The zero-order chi connectivity index (χ0) is 13.2. The van der Waals surface area contributed by atoms with E-state index in [0.29, 0.717) is 6.54 Å². The van der Waals surface area contributed by atoms with Crippen LogP contribution in [0.15, 0.2) is 29.8 Å². The van der Waals surface area contributed by atoms with Gasteiger partial charge in [0.25, 0.3) is 0 Å². The highest BCUT2D eigenvalue weighted by atomic mass is 19.4. The van der Waals surface area contributed by atoms with Crippen LogP contribution in [0.1, 0.15) is 18.9 Å². The van der Waals surface area contributed by atoms with Crippen molar-refractivity contribution in [2.75, 3.05) is 13.1 Å². The molecule has 1 aliphatic rings. The molecule has 98 valence electrons. The highest BCUT2D eigenvalue weighted by molar-refractivity contribution is 5.71. The van der Waals surface area contributed by atoms with Crippen molar-refractivity contribution in [1.82, 2.24) is 5.32 Å². The summed E-state index contributed by atoms with van der Waals surface area (Å²) >= 11 is 0. The molecular weight excluding hydrogens is 243 g/mol. The fourth-order valence-electron chi connectivity index (χ4n) is 2.02. The van der Waals surface area contributed by atoms with Crippen molar-refractivity contribution in [2.24, 2.45) is 0 Å². The molecule has 18 heavy (non-hydrogen) atoms. The van der Waals surface area contributed by atoms with Gasteiger partial charge < -0.3 is 10.1 Å². The number of nitrogens with one attached hydrogen (secondary N) is 1. The van der Waals surface area contributed by atoms with Crippen molar-refractivity contribution < 1.29 is 17.9 Å². The van der Waals surface area contributed by atoms with Crippen LogP contribution < -0.4 is 10.1 Å². The van der Waals surface area contributed by atoms with Crippen molar-refractivity contribution >= 4 is 5.57 Å². The number of alkyl halides is 3. The third kappa shape index (κ3) is 3.26. The Labute approximate surface area is 103 Å². The van der Waals surface area contributed by atoms with Gasteiger partial charge >= 0.3 is 6.36 Å². The van der Waals surface area contributed by atoms with Gasteiger partial charge in [-0.25, -0.2) is 0 Å². The van der Waals surface area contributed by atoms with E-state index in [2.05, 4.69) is 10.1 Å². The average molecular weight is 257 g/mol. The maximum absolute atomic E-state index is 12.1. The largest absolute Gasteiger partial charge is 0.573 e. The van der Waals surface area contributed by atoms with Crippen molar-refractivity contribution in [3.63, 3.8) is 0 Å². The molecule has 0 atom stereocenters. The molecule has 2 rings (SSSR count). The quantitative estimate of drug-likeness (QED) is 0.877. The molecule has 0 fully saturated rings. The van der Waals surface area contributed by atoms with Crippen LogP contribution in [0.4, 0.5) is 13.2 Å². The van der Waals surface area contributed by atoms with E-state index in [1.54, 1.807) is 12.1 Å². The lowest BCUT2D eigenvalue weighted by Crippen LogP contribution is -2.23. The fraction of sp³-hybridized carbons (Fsp3) is 0.385. The molecule has 1 aromatic rings. The minimum atomic E-state index is -4.65. The minimum absolute atomic E-state index is 0.175. The average Bonchev–Trinajstić information content (AvgIpc) is 2.27. The first-order chi connectivity index (χ1) is 8.46. The van der Waals surface area contributed by atoms with E-state index in [0.717, 1.165) is 24.1 Å². The van der Waals surface area contributed by atoms with Gasteiger partial charge in [0.05, 0.1) is 0 Å². The number of hydrogen-bond donors (Lipinski definition) is 1. The number of rotatable bonds is 2. The fourth-order valence-corrected chi connectivity index (χ4v) is 2.02. The van der Waals surface area contributed by atoms with Gasteiger partial charge in [0, 0.05) is 6.54 Å². The SMILES string of the molecule is CC1=C(c2cccc(OC(F)(F)F)c2)CNCC1. The standard InChI is InChI=1S/C13H14F3NO/c1-9-5-6-17-8-12(9)10-3-2-4-11(7-10)18-13(14,15)16/h2-4,7,17H,5-6,8H2,1H3. The molecule has 0 aromatic heterocycles. The van der Waals surface area contributed by atoms with Crippen molar-refractivity contribution in [2.45, 2.75) is 19.7 Å². The third-order valence-corrected chi connectivity index (χ3v) is 2.91. The maximum atomic E-state index is 12.1. The van der Waals surface area contributed by atoms with E-state index < -0.39 is 6.36 Å².